The molecule has 1 fully saturated rings. The Balaban J connectivity index is 1.15. The molecule has 2 aromatic carbocycles. The Bertz CT molecular complexity index is 994. The topological polar surface area (TPSA) is 63.7 Å². The highest BCUT2D eigenvalue weighted by molar-refractivity contribution is 7.18. The van der Waals surface area contributed by atoms with E-state index in [-0.39, 0.29) is 5.91 Å². The van der Waals surface area contributed by atoms with Crippen LogP contribution in [-0.2, 0) is 4.79 Å². The lowest BCUT2D eigenvalue weighted by molar-refractivity contribution is -0.117. The van der Waals surface area contributed by atoms with Crippen LogP contribution in [0.2, 0.25) is 0 Å². The Hall–Kier alpha value is -2.64. The van der Waals surface area contributed by atoms with E-state index in [9.17, 15) is 4.79 Å². The van der Waals surface area contributed by atoms with Crippen LogP contribution >= 0.6 is 11.3 Å². The molecule has 0 aliphatic carbocycles. The largest absolute Gasteiger partial charge is 0.486 e. The van der Waals surface area contributed by atoms with Gasteiger partial charge in [-0.2, -0.15) is 0 Å². The van der Waals surface area contributed by atoms with Gasteiger partial charge in [0.1, 0.15) is 13.2 Å². The smallest absolute Gasteiger partial charge is 0.238 e. The second kappa shape index (κ2) is 8.00. The van der Waals surface area contributed by atoms with Crippen molar-refractivity contribution in [1.82, 2.24) is 9.88 Å². The molecule has 3 aromatic rings. The first-order valence-corrected chi connectivity index (χ1v) is 10.8. The average Bonchev–Trinajstić information content (AvgIpc) is 3.18. The van der Waals surface area contributed by atoms with E-state index >= 15 is 0 Å². The molecule has 5 rings (SSSR count). The van der Waals surface area contributed by atoms with E-state index in [0.29, 0.717) is 31.4 Å². The Labute approximate surface area is 173 Å². The van der Waals surface area contributed by atoms with E-state index in [1.807, 2.05) is 24.3 Å². The fraction of sp³-hybridized carbons (Fsp3) is 0.364. The third-order valence-corrected chi connectivity index (χ3v) is 6.64. The van der Waals surface area contributed by atoms with Gasteiger partial charge in [0.2, 0.25) is 5.91 Å². The summed E-state index contributed by atoms with van der Waals surface area (Å²) in [6, 6.07) is 13.8. The molecule has 0 radical (unpaired) electrons. The number of benzene rings is 2. The number of nitrogens with one attached hydrogen (secondary N) is 1. The van der Waals surface area contributed by atoms with Crippen LogP contribution in [0.4, 0.5) is 5.69 Å². The first kappa shape index (κ1) is 18.4. The van der Waals surface area contributed by atoms with Gasteiger partial charge in [-0.15, -0.1) is 11.3 Å². The second-order valence-electron chi connectivity index (χ2n) is 7.48. The van der Waals surface area contributed by atoms with Crippen LogP contribution in [0.3, 0.4) is 0 Å². The van der Waals surface area contributed by atoms with Gasteiger partial charge in [-0.25, -0.2) is 4.98 Å². The zero-order chi connectivity index (χ0) is 19.6. The van der Waals surface area contributed by atoms with Crippen LogP contribution in [0.15, 0.2) is 42.5 Å². The number of ether oxygens (including phenoxy) is 2. The predicted octanol–water partition coefficient (Wildman–Crippen LogP) is 3.89. The molecule has 0 spiro atoms. The van der Waals surface area contributed by atoms with Crippen LogP contribution in [0.25, 0.3) is 10.2 Å². The Kier molecular flexibility index (Phi) is 5.08. The molecule has 150 valence electrons. The number of rotatable bonds is 4. The van der Waals surface area contributed by atoms with E-state index in [2.05, 4.69) is 28.4 Å². The predicted molar refractivity (Wildman–Crippen MR) is 114 cm³/mol. The second-order valence-corrected chi connectivity index (χ2v) is 8.54. The van der Waals surface area contributed by atoms with Gasteiger partial charge in [-0.05, 0) is 50.2 Å². The van der Waals surface area contributed by atoms with Crippen LogP contribution < -0.4 is 14.8 Å². The number of carbonyl (C=O) groups is 1. The summed E-state index contributed by atoms with van der Waals surface area (Å²) in [5.74, 6) is 1.90. The molecule has 29 heavy (non-hydrogen) atoms. The first-order valence-electron chi connectivity index (χ1n) is 10.0. The summed E-state index contributed by atoms with van der Waals surface area (Å²) in [5, 5.41) is 4.20. The van der Waals surface area contributed by atoms with Gasteiger partial charge in [-0.1, -0.05) is 12.1 Å². The molecule has 6 nitrogen and oxygen atoms in total. The van der Waals surface area contributed by atoms with Crippen molar-refractivity contribution < 1.29 is 14.3 Å². The lowest BCUT2D eigenvalue weighted by Gasteiger charge is -2.30. The van der Waals surface area contributed by atoms with Crippen LogP contribution in [0, 0.1) is 0 Å². The van der Waals surface area contributed by atoms with Crippen molar-refractivity contribution in [2.24, 2.45) is 0 Å². The number of piperidine rings is 1. The Morgan fingerprint density at radius 2 is 1.90 bits per heavy atom. The Morgan fingerprint density at radius 1 is 1.10 bits per heavy atom. The molecule has 1 amide bonds. The summed E-state index contributed by atoms with van der Waals surface area (Å²) in [6.07, 6.45) is 2.08. The number of anilines is 1. The number of hydrogen-bond acceptors (Lipinski definition) is 6. The number of fused-ring (bicyclic) bond motifs is 2. The van der Waals surface area contributed by atoms with E-state index in [1.165, 1.54) is 9.71 Å². The van der Waals surface area contributed by atoms with Crippen molar-refractivity contribution in [1.29, 1.82) is 0 Å². The fourth-order valence-corrected chi connectivity index (χ4v) is 5.06. The third kappa shape index (κ3) is 4.06. The van der Waals surface area contributed by atoms with E-state index < -0.39 is 0 Å². The molecular formula is C22H23N3O3S. The molecule has 3 heterocycles. The third-order valence-electron chi connectivity index (χ3n) is 5.44. The molecule has 2 aliphatic rings. The van der Waals surface area contributed by atoms with Crippen molar-refractivity contribution in [2.45, 2.75) is 18.8 Å². The van der Waals surface area contributed by atoms with Gasteiger partial charge < -0.3 is 14.8 Å². The van der Waals surface area contributed by atoms with Crippen molar-refractivity contribution in [3.63, 3.8) is 0 Å². The van der Waals surface area contributed by atoms with E-state index in [1.54, 1.807) is 11.3 Å². The zero-order valence-electron chi connectivity index (χ0n) is 16.1. The molecule has 0 bridgehead atoms. The number of aromatic nitrogens is 1. The summed E-state index contributed by atoms with van der Waals surface area (Å²) in [5.41, 5.74) is 1.83. The lowest BCUT2D eigenvalue weighted by Crippen LogP contribution is -2.38. The number of amides is 1. The first-order chi connectivity index (χ1) is 14.2. The molecule has 0 saturated carbocycles. The molecule has 1 saturated heterocycles. The van der Waals surface area contributed by atoms with Gasteiger partial charge in [0, 0.05) is 17.7 Å². The molecule has 7 heteroatoms. The maximum Gasteiger partial charge on any atom is 0.238 e. The summed E-state index contributed by atoms with van der Waals surface area (Å²) in [4.78, 5) is 19.5. The monoisotopic (exact) mass is 409 g/mol. The standard InChI is InChI=1S/C22H23N3O3S/c26-21(23-16-5-6-18-19(13-16)28-12-11-27-18)14-25-9-7-15(8-10-25)22-24-17-3-1-2-4-20(17)29-22/h1-6,13,15H,7-12,14H2,(H,23,26). The fourth-order valence-electron chi connectivity index (χ4n) is 3.93. The summed E-state index contributed by atoms with van der Waals surface area (Å²) in [6.45, 7) is 3.32. The van der Waals surface area contributed by atoms with Gasteiger partial charge in [0.25, 0.3) is 0 Å². The summed E-state index contributed by atoms with van der Waals surface area (Å²) >= 11 is 1.80. The van der Waals surface area contributed by atoms with Gasteiger partial charge in [0.05, 0.1) is 21.8 Å². The molecular weight excluding hydrogens is 386 g/mol. The molecule has 2 aliphatic heterocycles. The van der Waals surface area contributed by atoms with Crippen molar-refractivity contribution in [3.8, 4) is 11.5 Å². The van der Waals surface area contributed by atoms with Crippen LogP contribution in [-0.4, -0.2) is 48.6 Å². The summed E-state index contributed by atoms with van der Waals surface area (Å²) < 4.78 is 12.4. The highest BCUT2D eigenvalue weighted by atomic mass is 32.1. The number of para-hydroxylation sites is 1. The van der Waals surface area contributed by atoms with Crippen molar-refractivity contribution in [2.75, 3.05) is 38.2 Å². The maximum absolute atomic E-state index is 12.5. The molecule has 1 N–H and O–H groups in total. The number of carbonyl (C=O) groups excluding carboxylic acids is 1. The summed E-state index contributed by atoms with van der Waals surface area (Å²) in [7, 11) is 0. The quantitative estimate of drug-likeness (QED) is 0.708. The van der Waals surface area contributed by atoms with Gasteiger partial charge >= 0.3 is 0 Å². The molecule has 1 aromatic heterocycles. The Morgan fingerprint density at radius 3 is 2.72 bits per heavy atom. The van der Waals surface area contributed by atoms with Gasteiger partial charge in [-0.3, -0.25) is 9.69 Å². The number of likely N-dealkylation sites (tertiary alicyclic amines) is 1. The van der Waals surface area contributed by atoms with Gasteiger partial charge in [0.15, 0.2) is 11.5 Å². The van der Waals surface area contributed by atoms with E-state index in [0.717, 1.165) is 42.9 Å². The zero-order valence-corrected chi connectivity index (χ0v) is 16.9. The van der Waals surface area contributed by atoms with E-state index in [4.69, 9.17) is 14.5 Å². The minimum atomic E-state index is 0.000106. The van der Waals surface area contributed by atoms with Crippen molar-refractivity contribution >= 4 is 33.1 Å². The van der Waals surface area contributed by atoms with Crippen LogP contribution in [0.5, 0.6) is 11.5 Å². The minimum Gasteiger partial charge on any atom is -0.486 e. The average molecular weight is 410 g/mol. The molecule has 0 unspecified atom stereocenters. The SMILES string of the molecule is O=C(CN1CCC(c2nc3ccccc3s2)CC1)Nc1ccc2c(c1)OCCO2. The maximum atomic E-state index is 12.5. The van der Waals surface area contributed by atoms with Crippen LogP contribution in [0.1, 0.15) is 23.8 Å². The number of nitrogens with zero attached hydrogens (tertiary/aromatic N) is 2. The minimum absolute atomic E-state index is 0.000106. The highest BCUT2D eigenvalue weighted by Gasteiger charge is 2.24. The lowest BCUT2D eigenvalue weighted by atomic mass is 9.97. The number of hydrogen-bond donors (Lipinski definition) is 1. The number of thiazole rings is 1. The highest BCUT2D eigenvalue weighted by Crippen LogP contribution is 2.34. The molecule has 0 atom stereocenters. The normalized spacial score (nSPS) is 17.4. The van der Waals surface area contributed by atoms with Crippen molar-refractivity contribution in [3.05, 3.63) is 47.5 Å².